The van der Waals surface area contributed by atoms with Crippen LogP contribution in [0, 0.1) is 11.8 Å². The van der Waals surface area contributed by atoms with Crippen LogP contribution in [-0.2, 0) is 4.79 Å². The van der Waals surface area contributed by atoms with Crippen LogP contribution in [0.1, 0.15) is 38.5 Å². The molecule has 0 aromatic heterocycles. The lowest BCUT2D eigenvalue weighted by Gasteiger charge is -2.24. The van der Waals surface area contributed by atoms with Crippen molar-refractivity contribution >= 4 is 18.3 Å². The zero-order chi connectivity index (χ0) is 10.3. The van der Waals surface area contributed by atoms with Crippen LogP contribution >= 0.6 is 12.4 Å². The number of hydrogen-bond acceptors (Lipinski definition) is 2. The number of carbonyl (C=O) groups is 1. The van der Waals surface area contributed by atoms with Crippen molar-refractivity contribution in [2.75, 3.05) is 6.54 Å². The predicted molar refractivity (Wildman–Crippen MR) is 65.7 cm³/mol. The predicted octanol–water partition coefficient (Wildman–Crippen LogP) is 1.46. The van der Waals surface area contributed by atoms with E-state index in [-0.39, 0.29) is 24.4 Å². The molecule has 0 radical (unpaired) electrons. The summed E-state index contributed by atoms with van der Waals surface area (Å²) >= 11 is 0. The van der Waals surface area contributed by atoms with E-state index in [4.69, 9.17) is 0 Å². The molecule has 1 aliphatic heterocycles. The summed E-state index contributed by atoms with van der Waals surface area (Å²) in [4.78, 5) is 11.9. The zero-order valence-electron chi connectivity index (χ0n) is 9.58. The molecule has 1 amide bonds. The Hall–Kier alpha value is -0.280. The summed E-state index contributed by atoms with van der Waals surface area (Å²) < 4.78 is 0. The Morgan fingerprint density at radius 1 is 1.19 bits per heavy atom. The van der Waals surface area contributed by atoms with Gasteiger partial charge in [-0.05, 0) is 50.5 Å². The third-order valence-corrected chi connectivity index (χ3v) is 4.44. The number of hydrogen-bond donors (Lipinski definition) is 2. The Labute approximate surface area is 103 Å². The minimum Gasteiger partial charge on any atom is -0.352 e. The minimum absolute atomic E-state index is 0. The van der Waals surface area contributed by atoms with Crippen molar-refractivity contribution in [2.24, 2.45) is 11.8 Å². The topological polar surface area (TPSA) is 41.1 Å². The molecule has 1 heterocycles. The molecule has 2 N–H and O–H groups in total. The van der Waals surface area contributed by atoms with Crippen molar-refractivity contribution in [2.45, 2.75) is 50.6 Å². The van der Waals surface area contributed by atoms with E-state index in [2.05, 4.69) is 10.6 Å². The van der Waals surface area contributed by atoms with Gasteiger partial charge in [0.2, 0.25) is 5.91 Å². The first-order chi connectivity index (χ1) is 7.33. The fourth-order valence-electron chi connectivity index (χ4n) is 3.61. The maximum absolute atomic E-state index is 11.9. The molecule has 0 spiro atoms. The molecule has 1 saturated heterocycles. The smallest absolute Gasteiger partial charge is 0.237 e. The lowest BCUT2D eigenvalue weighted by atomic mass is 9.95. The Balaban J connectivity index is 0.000000963. The van der Waals surface area contributed by atoms with Gasteiger partial charge < -0.3 is 10.6 Å². The van der Waals surface area contributed by atoms with E-state index >= 15 is 0 Å². The van der Waals surface area contributed by atoms with Crippen LogP contribution in [0.25, 0.3) is 0 Å². The first kappa shape index (κ1) is 12.2. The van der Waals surface area contributed by atoms with E-state index in [1.807, 2.05) is 0 Å². The van der Waals surface area contributed by atoms with Crippen molar-refractivity contribution in [1.29, 1.82) is 0 Å². The van der Waals surface area contributed by atoms with Crippen molar-refractivity contribution in [3.05, 3.63) is 0 Å². The standard InChI is InChI=1S/C12H20N2O.ClH/c15-12(10-2-1-5-13-10)14-11-7-8-3-4-9(11)6-8;/h8-11,13H,1-7H2,(H,14,15);1H/t8?,9?,10-,11?;/m0./s1. The molecule has 16 heavy (non-hydrogen) atoms. The quantitative estimate of drug-likeness (QED) is 0.773. The van der Waals surface area contributed by atoms with Gasteiger partial charge in [-0.25, -0.2) is 0 Å². The molecule has 3 unspecified atom stereocenters. The highest BCUT2D eigenvalue weighted by Crippen LogP contribution is 2.44. The normalized spacial score (nSPS) is 40.8. The van der Waals surface area contributed by atoms with Crippen LogP contribution in [-0.4, -0.2) is 24.5 Å². The van der Waals surface area contributed by atoms with Gasteiger partial charge in [0.25, 0.3) is 0 Å². The van der Waals surface area contributed by atoms with Gasteiger partial charge >= 0.3 is 0 Å². The van der Waals surface area contributed by atoms with Crippen molar-refractivity contribution in [1.82, 2.24) is 10.6 Å². The van der Waals surface area contributed by atoms with Crippen molar-refractivity contribution < 1.29 is 4.79 Å². The molecule has 3 rings (SSSR count). The summed E-state index contributed by atoms with van der Waals surface area (Å²) in [5.74, 6) is 1.96. The maximum atomic E-state index is 11.9. The van der Waals surface area contributed by atoms with Gasteiger partial charge in [0.15, 0.2) is 0 Å². The molecule has 0 aromatic carbocycles. The van der Waals surface area contributed by atoms with Gasteiger partial charge in [-0.1, -0.05) is 6.42 Å². The number of rotatable bonds is 2. The second-order valence-electron chi connectivity index (χ2n) is 5.44. The zero-order valence-corrected chi connectivity index (χ0v) is 10.4. The third kappa shape index (κ3) is 2.21. The number of fused-ring (bicyclic) bond motifs is 2. The van der Waals surface area contributed by atoms with Crippen LogP contribution in [0.2, 0.25) is 0 Å². The lowest BCUT2D eigenvalue weighted by molar-refractivity contribution is -0.123. The Bertz CT molecular complexity index is 266. The molecule has 0 aromatic rings. The summed E-state index contributed by atoms with van der Waals surface area (Å²) in [5.41, 5.74) is 0. The second kappa shape index (κ2) is 4.92. The van der Waals surface area contributed by atoms with Crippen LogP contribution in [0.15, 0.2) is 0 Å². The molecular formula is C12H21ClN2O. The molecular weight excluding hydrogens is 224 g/mol. The van der Waals surface area contributed by atoms with Crippen molar-refractivity contribution in [3.63, 3.8) is 0 Å². The molecule has 2 saturated carbocycles. The van der Waals surface area contributed by atoms with Crippen molar-refractivity contribution in [3.8, 4) is 0 Å². The van der Waals surface area contributed by atoms with E-state index in [0.29, 0.717) is 6.04 Å². The largest absolute Gasteiger partial charge is 0.352 e. The SMILES string of the molecule is Cl.O=C(NC1CC2CCC1C2)[C@@H]1CCCN1. The summed E-state index contributed by atoms with van der Waals surface area (Å²) in [6.45, 7) is 1.01. The van der Waals surface area contributed by atoms with Crippen LogP contribution in [0.5, 0.6) is 0 Å². The van der Waals surface area contributed by atoms with E-state index in [9.17, 15) is 4.79 Å². The van der Waals surface area contributed by atoms with Gasteiger partial charge in [0.1, 0.15) is 0 Å². The fourth-order valence-corrected chi connectivity index (χ4v) is 3.61. The van der Waals surface area contributed by atoms with Gasteiger partial charge in [-0.15, -0.1) is 12.4 Å². The summed E-state index contributed by atoms with van der Waals surface area (Å²) in [6, 6.07) is 0.600. The van der Waals surface area contributed by atoms with Gasteiger partial charge in [-0.2, -0.15) is 0 Å². The molecule has 3 nitrogen and oxygen atoms in total. The maximum Gasteiger partial charge on any atom is 0.237 e. The van der Waals surface area contributed by atoms with E-state index in [1.54, 1.807) is 0 Å². The molecule has 3 aliphatic rings. The van der Waals surface area contributed by atoms with E-state index < -0.39 is 0 Å². The van der Waals surface area contributed by atoms with E-state index in [0.717, 1.165) is 31.2 Å². The van der Waals surface area contributed by atoms with Crippen LogP contribution in [0.4, 0.5) is 0 Å². The van der Waals surface area contributed by atoms with Gasteiger partial charge in [0, 0.05) is 6.04 Å². The molecule has 2 bridgehead atoms. The Kier molecular flexibility index (Phi) is 3.75. The number of halogens is 1. The highest BCUT2D eigenvalue weighted by Gasteiger charge is 2.40. The van der Waals surface area contributed by atoms with Gasteiger partial charge in [0.05, 0.1) is 6.04 Å². The van der Waals surface area contributed by atoms with Gasteiger partial charge in [-0.3, -0.25) is 4.79 Å². The second-order valence-corrected chi connectivity index (χ2v) is 5.44. The lowest BCUT2D eigenvalue weighted by Crippen LogP contribution is -2.46. The first-order valence-electron chi connectivity index (χ1n) is 6.36. The number of carbonyl (C=O) groups excluding carboxylic acids is 1. The van der Waals surface area contributed by atoms with E-state index in [1.165, 1.54) is 25.7 Å². The molecule has 4 atom stereocenters. The first-order valence-corrected chi connectivity index (χ1v) is 6.36. The molecule has 3 fully saturated rings. The highest BCUT2D eigenvalue weighted by atomic mass is 35.5. The third-order valence-electron chi connectivity index (χ3n) is 4.44. The van der Waals surface area contributed by atoms with Crippen LogP contribution in [0.3, 0.4) is 0 Å². The summed E-state index contributed by atoms with van der Waals surface area (Å²) in [6.07, 6.45) is 7.51. The summed E-state index contributed by atoms with van der Waals surface area (Å²) in [5, 5.41) is 6.51. The number of nitrogens with one attached hydrogen (secondary N) is 2. The molecule has 2 aliphatic carbocycles. The Morgan fingerprint density at radius 3 is 2.62 bits per heavy atom. The van der Waals surface area contributed by atoms with Crippen LogP contribution < -0.4 is 10.6 Å². The minimum atomic E-state index is 0. The summed E-state index contributed by atoms with van der Waals surface area (Å²) in [7, 11) is 0. The monoisotopic (exact) mass is 244 g/mol. The molecule has 92 valence electrons. The molecule has 4 heteroatoms. The fraction of sp³-hybridized carbons (Fsp3) is 0.917. The Morgan fingerprint density at radius 2 is 2.06 bits per heavy atom. The average Bonchev–Trinajstić information content (AvgIpc) is 2.95. The average molecular weight is 245 g/mol. The highest BCUT2D eigenvalue weighted by molar-refractivity contribution is 5.85. The number of amides is 1.